The number of carboxylic acid groups (broad SMARTS) is 1. The van der Waals surface area contributed by atoms with Crippen LogP contribution in [0.25, 0.3) is 0 Å². The van der Waals surface area contributed by atoms with E-state index >= 15 is 0 Å². The van der Waals surface area contributed by atoms with Crippen LogP contribution < -0.4 is 0 Å². The number of aliphatic hydroxyl groups is 1. The molecule has 2 amide bonds. The Bertz CT molecular complexity index is 462. The summed E-state index contributed by atoms with van der Waals surface area (Å²) in [6, 6.07) is 3.25. The molecule has 0 aliphatic rings. The van der Waals surface area contributed by atoms with Gasteiger partial charge in [-0.2, -0.15) is 0 Å². The molecular formula is C12H17N3O4. The lowest BCUT2D eigenvalue weighted by molar-refractivity contribution is -0.129. The van der Waals surface area contributed by atoms with Gasteiger partial charge in [0, 0.05) is 20.3 Å². The molecule has 1 aromatic rings. The molecule has 19 heavy (non-hydrogen) atoms. The lowest BCUT2D eigenvalue weighted by Gasteiger charge is -2.20. The first-order valence-corrected chi connectivity index (χ1v) is 5.66. The molecule has 0 saturated heterocycles. The highest BCUT2D eigenvalue weighted by atomic mass is 16.4. The van der Waals surface area contributed by atoms with Gasteiger partial charge in [0.1, 0.15) is 6.54 Å². The zero-order valence-electron chi connectivity index (χ0n) is 10.9. The molecule has 104 valence electrons. The van der Waals surface area contributed by atoms with Crippen molar-refractivity contribution < 1.29 is 19.8 Å². The van der Waals surface area contributed by atoms with Crippen LogP contribution >= 0.6 is 0 Å². The number of hydrogen-bond acceptors (Lipinski definition) is 4. The number of nitrogens with zero attached hydrogens (tertiary/aromatic N) is 3. The quantitative estimate of drug-likeness (QED) is 0.791. The zero-order chi connectivity index (χ0) is 14.4. The molecule has 0 aliphatic heterocycles. The summed E-state index contributed by atoms with van der Waals surface area (Å²) in [5.74, 6) is -0.305. The van der Waals surface area contributed by atoms with Crippen LogP contribution in [-0.4, -0.2) is 57.6 Å². The number of aromatic nitrogens is 1. The van der Waals surface area contributed by atoms with E-state index in [9.17, 15) is 9.59 Å². The van der Waals surface area contributed by atoms with Crippen molar-refractivity contribution in [1.29, 1.82) is 0 Å². The summed E-state index contributed by atoms with van der Waals surface area (Å²) in [6.07, 6.45) is 0.306. The molecule has 0 unspecified atom stereocenters. The van der Waals surface area contributed by atoms with Gasteiger partial charge in [0.2, 0.25) is 5.91 Å². The Kier molecular flexibility index (Phi) is 5.25. The Morgan fingerprint density at radius 3 is 2.58 bits per heavy atom. The second kappa shape index (κ2) is 6.69. The first-order valence-electron chi connectivity index (χ1n) is 5.66. The van der Waals surface area contributed by atoms with E-state index in [1.165, 1.54) is 11.1 Å². The van der Waals surface area contributed by atoms with E-state index in [4.69, 9.17) is 10.2 Å². The number of amides is 2. The van der Waals surface area contributed by atoms with E-state index < -0.39 is 6.09 Å². The van der Waals surface area contributed by atoms with Gasteiger partial charge in [-0.3, -0.25) is 14.7 Å². The molecule has 0 bridgehead atoms. The van der Waals surface area contributed by atoms with Crippen LogP contribution in [0.5, 0.6) is 0 Å². The molecule has 7 heteroatoms. The monoisotopic (exact) mass is 267 g/mol. The van der Waals surface area contributed by atoms with Gasteiger partial charge in [0.25, 0.3) is 0 Å². The van der Waals surface area contributed by atoms with Crippen molar-refractivity contribution in [2.24, 2.45) is 0 Å². The summed E-state index contributed by atoms with van der Waals surface area (Å²) in [4.78, 5) is 29.0. The SMILES string of the molecule is CN(C)C(=O)CN(Cc1cc(CO)ccn1)C(=O)O. The number of hydrogen-bond donors (Lipinski definition) is 2. The fraction of sp³-hybridized carbons (Fsp3) is 0.417. The predicted octanol–water partition coefficient (Wildman–Crippen LogP) is 0.142. The van der Waals surface area contributed by atoms with Crippen molar-refractivity contribution >= 4 is 12.0 Å². The summed E-state index contributed by atoms with van der Waals surface area (Å²) in [5.41, 5.74) is 1.13. The highest BCUT2D eigenvalue weighted by molar-refractivity contribution is 5.81. The highest BCUT2D eigenvalue weighted by Crippen LogP contribution is 2.06. The van der Waals surface area contributed by atoms with Crippen LogP contribution in [0.1, 0.15) is 11.3 Å². The summed E-state index contributed by atoms with van der Waals surface area (Å²) in [7, 11) is 3.12. The Morgan fingerprint density at radius 1 is 1.37 bits per heavy atom. The maximum atomic E-state index is 11.5. The molecule has 0 fully saturated rings. The molecular weight excluding hydrogens is 250 g/mol. The predicted molar refractivity (Wildman–Crippen MR) is 67.3 cm³/mol. The van der Waals surface area contributed by atoms with Crippen molar-refractivity contribution in [3.63, 3.8) is 0 Å². The van der Waals surface area contributed by atoms with Crippen LogP contribution in [0.15, 0.2) is 18.3 Å². The number of likely N-dealkylation sites (N-methyl/N-ethyl adjacent to an activating group) is 1. The van der Waals surface area contributed by atoms with E-state index in [-0.39, 0.29) is 25.6 Å². The van der Waals surface area contributed by atoms with Crippen molar-refractivity contribution in [1.82, 2.24) is 14.8 Å². The zero-order valence-corrected chi connectivity index (χ0v) is 10.9. The third kappa shape index (κ3) is 4.55. The van der Waals surface area contributed by atoms with Gasteiger partial charge in [-0.05, 0) is 17.7 Å². The van der Waals surface area contributed by atoms with Crippen molar-refractivity contribution in [2.45, 2.75) is 13.2 Å². The van der Waals surface area contributed by atoms with Crippen LogP contribution in [0.2, 0.25) is 0 Å². The van der Waals surface area contributed by atoms with Gasteiger partial charge in [-0.25, -0.2) is 4.79 Å². The second-order valence-corrected chi connectivity index (χ2v) is 4.24. The van der Waals surface area contributed by atoms with Gasteiger partial charge in [0.05, 0.1) is 18.8 Å². The van der Waals surface area contributed by atoms with Crippen molar-refractivity contribution in [3.8, 4) is 0 Å². The van der Waals surface area contributed by atoms with E-state index in [0.717, 1.165) is 4.90 Å². The normalized spacial score (nSPS) is 10.1. The van der Waals surface area contributed by atoms with Crippen molar-refractivity contribution in [3.05, 3.63) is 29.6 Å². The minimum Gasteiger partial charge on any atom is -0.465 e. The lowest BCUT2D eigenvalue weighted by atomic mass is 10.2. The number of rotatable bonds is 5. The number of carbonyl (C=O) groups excluding carboxylic acids is 1. The lowest BCUT2D eigenvalue weighted by Crippen LogP contribution is -2.39. The summed E-state index contributed by atoms with van der Waals surface area (Å²) in [6.45, 7) is -0.366. The largest absolute Gasteiger partial charge is 0.465 e. The standard InChI is InChI=1S/C12H17N3O4/c1-14(2)11(17)7-15(12(18)19)6-10-5-9(8-16)3-4-13-10/h3-5,16H,6-8H2,1-2H3,(H,18,19). The van der Waals surface area contributed by atoms with Gasteiger partial charge in [-0.15, -0.1) is 0 Å². The number of aliphatic hydroxyl groups excluding tert-OH is 1. The number of carbonyl (C=O) groups is 2. The maximum absolute atomic E-state index is 11.5. The van der Waals surface area contributed by atoms with E-state index in [1.54, 1.807) is 26.2 Å². The Hall–Kier alpha value is -2.15. The average molecular weight is 267 g/mol. The number of pyridine rings is 1. The Labute approximate surface area is 111 Å². The van der Waals surface area contributed by atoms with E-state index in [2.05, 4.69) is 4.98 Å². The highest BCUT2D eigenvalue weighted by Gasteiger charge is 2.18. The van der Waals surface area contributed by atoms with Crippen molar-refractivity contribution in [2.75, 3.05) is 20.6 Å². The molecule has 0 aliphatic carbocycles. The topological polar surface area (TPSA) is 94.0 Å². The second-order valence-electron chi connectivity index (χ2n) is 4.24. The molecule has 1 heterocycles. The van der Waals surface area contributed by atoms with Crippen LogP contribution in [-0.2, 0) is 17.9 Å². The fourth-order valence-corrected chi connectivity index (χ4v) is 1.40. The third-order valence-electron chi connectivity index (χ3n) is 2.51. The van der Waals surface area contributed by atoms with Crippen LogP contribution in [0, 0.1) is 0 Å². The summed E-state index contributed by atoms with van der Waals surface area (Å²) >= 11 is 0. The summed E-state index contributed by atoms with van der Waals surface area (Å²) in [5, 5.41) is 18.1. The molecule has 0 saturated carbocycles. The fourth-order valence-electron chi connectivity index (χ4n) is 1.40. The first-order chi connectivity index (χ1) is 8.93. The van der Waals surface area contributed by atoms with E-state index in [1.807, 2.05) is 0 Å². The van der Waals surface area contributed by atoms with E-state index in [0.29, 0.717) is 11.3 Å². The molecule has 0 spiro atoms. The smallest absolute Gasteiger partial charge is 0.408 e. The summed E-state index contributed by atoms with van der Waals surface area (Å²) < 4.78 is 0. The first kappa shape index (κ1) is 14.9. The molecule has 0 aromatic carbocycles. The molecule has 0 atom stereocenters. The minimum absolute atomic E-state index is 0.00273. The van der Waals surface area contributed by atoms with Gasteiger partial charge in [0.15, 0.2) is 0 Å². The molecule has 1 aromatic heterocycles. The maximum Gasteiger partial charge on any atom is 0.408 e. The van der Waals surface area contributed by atoms with Gasteiger partial charge in [-0.1, -0.05) is 0 Å². The van der Waals surface area contributed by atoms with Crippen LogP contribution in [0.3, 0.4) is 0 Å². The van der Waals surface area contributed by atoms with Gasteiger partial charge >= 0.3 is 6.09 Å². The Balaban J connectivity index is 2.78. The molecule has 1 rings (SSSR count). The van der Waals surface area contributed by atoms with Crippen LogP contribution in [0.4, 0.5) is 4.79 Å². The average Bonchev–Trinajstić information content (AvgIpc) is 2.37. The minimum atomic E-state index is -1.19. The molecule has 0 radical (unpaired) electrons. The molecule has 2 N–H and O–H groups in total. The van der Waals surface area contributed by atoms with Gasteiger partial charge < -0.3 is 15.1 Å². The third-order valence-corrected chi connectivity index (χ3v) is 2.51. The molecule has 7 nitrogen and oxygen atoms in total. The Morgan fingerprint density at radius 2 is 2.05 bits per heavy atom.